The van der Waals surface area contributed by atoms with E-state index in [4.69, 9.17) is 0 Å². The molecule has 1 aliphatic rings. The van der Waals surface area contributed by atoms with Crippen LogP contribution in [0.1, 0.15) is 42.5 Å². The van der Waals surface area contributed by atoms with Crippen LogP contribution in [-0.2, 0) is 10.0 Å². The third-order valence-corrected chi connectivity index (χ3v) is 6.23. The van der Waals surface area contributed by atoms with Crippen molar-refractivity contribution in [1.82, 2.24) is 5.32 Å². The molecule has 0 saturated carbocycles. The summed E-state index contributed by atoms with van der Waals surface area (Å²) in [6.45, 7) is 0.561. The molecule has 2 aromatic rings. The maximum absolute atomic E-state index is 12.5. The van der Waals surface area contributed by atoms with Gasteiger partial charge in [-0.15, -0.1) is 0 Å². The van der Waals surface area contributed by atoms with Crippen LogP contribution in [0, 0.1) is 10.1 Å². The number of hydrogen-bond acceptors (Lipinski definition) is 5. The lowest BCUT2D eigenvalue weighted by molar-refractivity contribution is -0.385. The Kier molecular flexibility index (Phi) is 6.83. The monoisotopic (exact) mass is 429 g/mol. The third kappa shape index (κ3) is 5.66. The van der Waals surface area contributed by atoms with Gasteiger partial charge in [-0.2, -0.15) is 0 Å². The van der Waals surface area contributed by atoms with Crippen LogP contribution in [0.15, 0.2) is 65.1 Å². The molecule has 0 atom stereocenters. The van der Waals surface area contributed by atoms with Gasteiger partial charge in [-0.1, -0.05) is 17.7 Å². The van der Waals surface area contributed by atoms with Crippen LogP contribution in [0.2, 0.25) is 0 Å². The number of hydrogen-bond donors (Lipinski definition) is 2. The Morgan fingerprint density at radius 1 is 1.10 bits per heavy atom. The SMILES string of the molecule is O=C(NCCC1=CCCCC1)c1ccc(NS(=O)(=O)c2cccc([N+](=O)[O-])c2)cc1. The molecule has 158 valence electrons. The zero-order chi connectivity index (χ0) is 21.6. The van der Waals surface area contributed by atoms with Gasteiger partial charge >= 0.3 is 0 Å². The number of nitro groups is 1. The van der Waals surface area contributed by atoms with E-state index < -0.39 is 14.9 Å². The van der Waals surface area contributed by atoms with Crippen LogP contribution >= 0.6 is 0 Å². The smallest absolute Gasteiger partial charge is 0.270 e. The number of nitro benzene ring substituents is 1. The van der Waals surface area contributed by atoms with Crippen LogP contribution in [0.4, 0.5) is 11.4 Å². The number of nitrogens with zero attached hydrogens (tertiary/aromatic N) is 1. The standard InChI is InChI=1S/C21H23N3O5S/c25-21(22-14-13-16-5-2-1-3-6-16)17-9-11-18(12-10-17)23-30(28,29)20-8-4-7-19(15-20)24(26)27/h4-5,7-12,15,23H,1-3,6,13-14H2,(H,22,25). The first-order chi connectivity index (χ1) is 14.3. The molecule has 0 heterocycles. The molecular formula is C21H23N3O5S. The lowest BCUT2D eigenvalue weighted by atomic mass is 9.97. The van der Waals surface area contributed by atoms with E-state index in [1.807, 2.05) is 0 Å². The number of nitrogens with one attached hydrogen (secondary N) is 2. The number of carbonyl (C=O) groups excluding carboxylic acids is 1. The number of rotatable bonds is 8. The number of allylic oxidation sites excluding steroid dienone is 1. The maximum atomic E-state index is 12.5. The van der Waals surface area contributed by atoms with E-state index in [0.717, 1.165) is 25.3 Å². The Bertz CT molecular complexity index is 1060. The topological polar surface area (TPSA) is 118 Å². The van der Waals surface area contributed by atoms with Crippen LogP contribution in [0.25, 0.3) is 0 Å². The van der Waals surface area contributed by atoms with Gasteiger partial charge in [0.2, 0.25) is 0 Å². The highest BCUT2D eigenvalue weighted by atomic mass is 32.2. The Hall–Kier alpha value is -3.20. The molecule has 0 radical (unpaired) electrons. The number of non-ortho nitro benzene ring substituents is 1. The summed E-state index contributed by atoms with van der Waals surface area (Å²) in [5.41, 5.74) is 1.75. The van der Waals surface area contributed by atoms with Gasteiger partial charge in [0.05, 0.1) is 9.82 Å². The Morgan fingerprint density at radius 2 is 1.87 bits per heavy atom. The van der Waals surface area contributed by atoms with E-state index in [1.54, 1.807) is 0 Å². The normalized spacial score (nSPS) is 13.9. The zero-order valence-electron chi connectivity index (χ0n) is 16.3. The van der Waals surface area contributed by atoms with Crippen LogP contribution in [-0.4, -0.2) is 25.8 Å². The number of carbonyl (C=O) groups is 1. The third-order valence-electron chi connectivity index (χ3n) is 4.85. The molecule has 30 heavy (non-hydrogen) atoms. The highest BCUT2D eigenvalue weighted by molar-refractivity contribution is 7.92. The minimum absolute atomic E-state index is 0.212. The van der Waals surface area contributed by atoms with Crippen molar-refractivity contribution in [2.75, 3.05) is 11.3 Å². The summed E-state index contributed by atoms with van der Waals surface area (Å²) in [6, 6.07) is 10.8. The maximum Gasteiger partial charge on any atom is 0.270 e. The molecular weight excluding hydrogens is 406 g/mol. The fraction of sp³-hybridized carbons (Fsp3) is 0.286. The second-order valence-electron chi connectivity index (χ2n) is 7.05. The molecule has 3 rings (SSSR count). The molecule has 1 amide bonds. The van der Waals surface area contributed by atoms with Gasteiger partial charge in [0.15, 0.2) is 0 Å². The minimum atomic E-state index is -3.99. The van der Waals surface area contributed by atoms with Gasteiger partial charge in [0.1, 0.15) is 0 Å². The number of anilines is 1. The molecule has 9 heteroatoms. The first kappa shape index (κ1) is 21.5. The Balaban J connectivity index is 1.59. The lowest BCUT2D eigenvalue weighted by Gasteiger charge is -2.13. The summed E-state index contributed by atoms with van der Waals surface area (Å²) in [4.78, 5) is 22.3. The predicted molar refractivity (Wildman–Crippen MR) is 114 cm³/mol. The lowest BCUT2D eigenvalue weighted by Crippen LogP contribution is -2.24. The molecule has 0 fully saturated rings. The zero-order valence-corrected chi connectivity index (χ0v) is 17.2. The van der Waals surface area contributed by atoms with E-state index in [-0.39, 0.29) is 22.2 Å². The van der Waals surface area contributed by atoms with E-state index in [0.29, 0.717) is 12.1 Å². The van der Waals surface area contributed by atoms with Crippen molar-refractivity contribution < 1.29 is 18.1 Å². The molecule has 1 aliphatic carbocycles. The second kappa shape index (κ2) is 9.53. The summed E-state index contributed by atoms with van der Waals surface area (Å²) in [7, 11) is -3.99. The van der Waals surface area contributed by atoms with Gasteiger partial charge < -0.3 is 5.32 Å². The molecule has 0 aliphatic heterocycles. The summed E-state index contributed by atoms with van der Waals surface area (Å²) in [6.07, 6.45) is 7.72. The first-order valence-corrected chi connectivity index (χ1v) is 11.2. The molecule has 0 saturated heterocycles. The fourth-order valence-corrected chi connectivity index (χ4v) is 4.34. The van der Waals surface area contributed by atoms with E-state index >= 15 is 0 Å². The van der Waals surface area contributed by atoms with Crippen molar-refractivity contribution in [3.8, 4) is 0 Å². The summed E-state index contributed by atoms with van der Waals surface area (Å²) in [5.74, 6) is -0.223. The van der Waals surface area contributed by atoms with Gasteiger partial charge in [-0.25, -0.2) is 8.42 Å². The fourth-order valence-electron chi connectivity index (χ4n) is 3.24. The van der Waals surface area contributed by atoms with Crippen LogP contribution in [0.5, 0.6) is 0 Å². The molecule has 0 aromatic heterocycles. The summed E-state index contributed by atoms with van der Waals surface area (Å²) < 4.78 is 27.3. The summed E-state index contributed by atoms with van der Waals surface area (Å²) in [5, 5.41) is 13.7. The molecule has 2 aromatic carbocycles. The highest BCUT2D eigenvalue weighted by Crippen LogP contribution is 2.21. The number of benzene rings is 2. The Morgan fingerprint density at radius 3 is 2.53 bits per heavy atom. The first-order valence-electron chi connectivity index (χ1n) is 9.68. The number of sulfonamides is 1. The summed E-state index contributed by atoms with van der Waals surface area (Å²) >= 11 is 0. The van der Waals surface area contributed by atoms with Crippen molar-refractivity contribution in [3.63, 3.8) is 0 Å². The van der Waals surface area contributed by atoms with E-state index in [9.17, 15) is 23.3 Å². The predicted octanol–water partition coefficient (Wildman–Crippen LogP) is 4.02. The largest absolute Gasteiger partial charge is 0.352 e. The molecule has 0 spiro atoms. The molecule has 8 nitrogen and oxygen atoms in total. The van der Waals surface area contributed by atoms with Crippen molar-refractivity contribution in [2.24, 2.45) is 0 Å². The van der Waals surface area contributed by atoms with Crippen molar-refractivity contribution in [2.45, 2.75) is 37.0 Å². The quantitative estimate of drug-likeness (QED) is 0.373. The molecule has 2 N–H and O–H groups in total. The minimum Gasteiger partial charge on any atom is -0.352 e. The van der Waals surface area contributed by atoms with Crippen LogP contribution in [0.3, 0.4) is 0 Å². The highest BCUT2D eigenvalue weighted by Gasteiger charge is 2.18. The van der Waals surface area contributed by atoms with Crippen molar-refractivity contribution in [1.29, 1.82) is 0 Å². The average molecular weight is 429 g/mol. The average Bonchev–Trinajstić information content (AvgIpc) is 2.75. The van der Waals surface area contributed by atoms with E-state index in [2.05, 4.69) is 16.1 Å². The second-order valence-corrected chi connectivity index (χ2v) is 8.73. The number of amides is 1. The van der Waals surface area contributed by atoms with Gasteiger partial charge in [-0.3, -0.25) is 19.6 Å². The molecule has 0 unspecified atom stereocenters. The van der Waals surface area contributed by atoms with Crippen molar-refractivity contribution >= 4 is 27.3 Å². The van der Waals surface area contributed by atoms with E-state index in [1.165, 1.54) is 60.9 Å². The Labute approximate surface area is 175 Å². The van der Waals surface area contributed by atoms with Gasteiger partial charge in [0.25, 0.3) is 21.6 Å². The van der Waals surface area contributed by atoms with Gasteiger partial charge in [-0.05, 0) is 62.4 Å². The van der Waals surface area contributed by atoms with Crippen LogP contribution < -0.4 is 10.0 Å². The van der Waals surface area contributed by atoms with Gasteiger partial charge in [0, 0.05) is 29.9 Å². The van der Waals surface area contributed by atoms with Crippen molar-refractivity contribution in [3.05, 3.63) is 75.9 Å². The molecule has 0 bridgehead atoms.